The number of unbranched alkanes of at least 4 members (excludes halogenated alkanes) is 4. The number of anilines is 1. The highest BCUT2D eigenvalue weighted by atomic mass is 16.5. The number of aromatic nitrogens is 2. The summed E-state index contributed by atoms with van der Waals surface area (Å²) < 4.78 is 7.98. The molecule has 0 spiro atoms. The van der Waals surface area contributed by atoms with E-state index >= 15 is 0 Å². The molecule has 0 aliphatic carbocycles. The maximum Gasteiger partial charge on any atom is 0.180 e. The van der Waals surface area contributed by atoms with Gasteiger partial charge in [0.1, 0.15) is 0 Å². The second-order valence-electron chi connectivity index (χ2n) is 6.11. The first-order valence-corrected chi connectivity index (χ1v) is 8.74. The predicted octanol–water partition coefficient (Wildman–Crippen LogP) is 4.93. The molecule has 0 fully saturated rings. The van der Waals surface area contributed by atoms with Crippen LogP contribution in [0, 0.1) is 0 Å². The third-order valence-corrected chi connectivity index (χ3v) is 4.16. The summed E-state index contributed by atoms with van der Waals surface area (Å²) >= 11 is 0. The van der Waals surface area contributed by atoms with Crippen LogP contribution in [0.15, 0.2) is 48.8 Å². The second kappa shape index (κ2) is 7.86. The average Bonchev–Trinajstić information content (AvgIpc) is 3.03. The second-order valence-corrected chi connectivity index (χ2v) is 6.11. The Labute approximate surface area is 143 Å². The van der Waals surface area contributed by atoms with Crippen LogP contribution in [0.25, 0.3) is 16.9 Å². The van der Waals surface area contributed by atoms with E-state index in [1.54, 1.807) is 0 Å². The summed E-state index contributed by atoms with van der Waals surface area (Å²) in [6, 6.07) is 11.8. The molecule has 24 heavy (non-hydrogen) atoms. The van der Waals surface area contributed by atoms with Gasteiger partial charge in [0.2, 0.25) is 0 Å². The SMILES string of the molecule is CCCCCCCOc1cccn2cc(-c3ccc(N)cc3)nc12. The number of nitrogen functional groups attached to an aromatic ring is 1. The van der Waals surface area contributed by atoms with E-state index in [0.717, 1.165) is 41.4 Å². The zero-order valence-corrected chi connectivity index (χ0v) is 14.2. The van der Waals surface area contributed by atoms with Crippen molar-refractivity contribution in [2.75, 3.05) is 12.3 Å². The summed E-state index contributed by atoms with van der Waals surface area (Å²) in [7, 11) is 0. The molecule has 0 saturated heterocycles. The van der Waals surface area contributed by atoms with Gasteiger partial charge in [-0.25, -0.2) is 4.98 Å². The van der Waals surface area contributed by atoms with Gasteiger partial charge in [0.05, 0.1) is 12.3 Å². The van der Waals surface area contributed by atoms with Crippen LogP contribution in [-0.4, -0.2) is 16.0 Å². The maximum absolute atomic E-state index is 5.96. The van der Waals surface area contributed by atoms with Crippen LogP contribution in [0.4, 0.5) is 5.69 Å². The lowest BCUT2D eigenvalue weighted by molar-refractivity contribution is 0.306. The highest BCUT2D eigenvalue weighted by molar-refractivity contribution is 5.67. The lowest BCUT2D eigenvalue weighted by atomic mass is 10.1. The van der Waals surface area contributed by atoms with Crippen molar-refractivity contribution in [3.05, 3.63) is 48.8 Å². The highest BCUT2D eigenvalue weighted by Crippen LogP contribution is 2.25. The van der Waals surface area contributed by atoms with Crippen molar-refractivity contribution in [2.45, 2.75) is 39.0 Å². The van der Waals surface area contributed by atoms with Crippen molar-refractivity contribution in [1.82, 2.24) is 9.38 Å². The molecule has 1 aromatic carbocycles. The van der Waals surface area contributed by atoms with Crippen molar-refractivity contribution >= 4 is 11.3 Å². The zero-order chi connectivity index (χ0) is 16.8. The van der Waals surface area contributed by atoms with Crippen molar-refractivity contribution in [2.24, 2.45) is 0 Å². The van der Waals surface area contributed by atoms with Gasteiger partial charge in [-0.2, -0.15) is 0 Å². The quantitative estimate of drug-likeness (QED) is 0.472. The Morgan fingerprint density at radius 1 is 1.04 bits per heavy atom. The Morgan fingerprint density at radius 3 is 2.62 bits per heavy atom. The molecule has 0 amide bonds. The molecule has 2 aromatic heterocycles. The summed E-state index contributed by atoms with van der Waals surface area (Å²) in [6.07, 6.45) is 10.2. The van der Waals surface area contributed by atoms with Crippen LogP contribution in [0.1, 0.15) is 39.0 Å². The van der Waals surface area contributed by atoms with Crippen LogP contribution in [0.2, 0.25) is 0 Å². The van der Waals surface area contributed by atoms with E-state index < -0.39 is 0 Å². The molecular formula is C20H25N3O. The number of imidazole rings is 1. The molecule has 4 nitrogen and oxygen atoms in total. The standard InChI is InChI=1S/C20H25N3O/c1-2-3-4-5-6-14-24-19-8-7-13-23-15-18(22-20(19)23)16-9-11-17(21)12-10-16/h7-13,15H,2-6,14,21H2,1H3. The summed E-state index contributed by atoms with van der Waals surface area (Å²) in [5.41, 5.74) is 9.35. The van der Waals surface area contributed by atoms with E-state index in [2.05, 4.69) is 6.92 Å². The molecule has 126 valence electrons. The van der Waals surface area contributed by atoms with Gasteiger partial charge >= 0.3 is 0 Å². The van der Waals surface area contributed by atoms with Gasteiger partial charge < -0.3 is 14.9 Å². The van der Waals surface area contributed by atoms with Crippen LogP contribution in [0.5, 0.6) is 5.75 Å². The first-order chi connectivity index (χ1) is 11.8. The lowest BCUT2D eigenvalue weighted by Crippen LogP contribution is -1.99. The minimum absolute atomic E-state index is 0.744. The van der Waals surface area contributed by atoms with E-state index in [4.69, 9.17) is 15.5 Å². The van der Waals surface area contributed by atoms with E-state index in [1.165, 1.54) is 25.7 Å². The van der Waals surface area contributed by atoms with Crippen molar-refractivity contribution in [1.29, 1.82) is 0 Å². The largest absolute Gasteiger partial charge is 0.490 e. The van der Waals surface area contributed by atoms with Crippen LogP contribution < -0.4 is 10.5 Å². The summed E-state index contributed by atoms with van der Waals surface area (Å²) in [5, 5.41) is 0. The fraction of sp³-hybridized carbons (Fsp3) is 0.350. The highest BCUT2D eigenvalue weighted by Gasteiger charge is 2.09. The zero-order valence-electron chi connectivity index (χ0n) is 14.2. The number of benzene rings is 1. The van der Waals surface area contributed by atoms with Crippen LogP contribution >= 0.6 is 0 Å². The normalized spacial score (nSPS) is 11.0. The monoisotopic (exact) mass is 323 g/mol. The number of nitrogens with zero attached hydrogens (tertiary/aromatic N) is 2. The molecule has 0 unspecified atom stereocenters. The molecule has 0 saturated carbocycles. The number of hydrogen-bond acceptors (Lipinski definition) is 3. The summed E-state index contributed by atoms with van der Waals surface area (Å²) in [6.45, 7) is 2.97. The van der Waals surface area contributed by atoms with Gasteiger partial charge in [0.25, 0.3) is 0 Å². The molecule has 2 N–H and O–H groups in total. The third kappa shape index (κ3) is 3.88. The van der Waals surface area contributed by atoms with Gasteiger partial charge in [0.15, 0.2) is 11.4 Å². The van der Waals surface area contributed by atoms with Gasteiger partial charge in [-0.1, -0.05) is 44.7 Å². The molecule has 0 aliphatic heterocycles. The molecule has 2 heterocycles. The maximum atomic E-state index is 5.96. The molecule has 0 bridgehead atoms. The number of ether oxygens (including phenoxy) is 1. The van der Waals surface area contributed by atoms with Crippen LogP contribution in [0.3, 0.4) is 0 Å². The molecular weight excluding hydrogens is 298 g/mol. The van der Waals surface area contributed by atoms with Gasteiger partial charge in [-0.3, -0.25) is 0 Å². The smallest absolute Gasteiger partial charge is 0.180 e. The van der Waals surface area contributed by atoms with Gasteiger partial charge in [-0.05, 0) is 30.7 Å². The topological polar surface area (TPSA) is 52.5 Å². The number of fused-ring (bicyclic) bond motifs is 1. The lowest BCUT2D eigenvalue weighted by Gasteiger charge is -2.07. The summed E-state index contributed by atoms with van der Waals surface area (Å²) in [4.78, 5) is 4.74. The van der Waals surface area contributed by atoms with Crippen molar-refractivity contribution < 1.29 is 4.74 Å². The van der Waals surface area contributed by atoms with E-state index in [-0.39, 0.29) is 0 Å². The number of nitrogens with two attached hydrogens (primary N) is 1. The minimum atomic E-state index is 0.744. The Balaban J connectivity index is 1.71. The first-order valence-electron chi connectivity index (χ1n) is 8.74. The number of hydrogen-bond donors (Lipinski definition) is 1. The Morgan fingerprint density at radius 2 is 1.83 bits per heavy atom. The Kier molecular flexibility index (Phi) is 5.36. The fourth-order valence-electron chi connectivity index (χ4n) is 2.78. The van der Waals surface area contributed by atoms with Crippen molar-refractivity contribution in [3.63, 3.8) is 0 Å². The van der Waals surface area contributed by atoms with Crippen LogP contribution in [-0.2, 0) is 0 Å². The average molecular weight is 323 g/mol. The molecule has 3 rings (SSSR count). The molecule has 3 aromatic rings. The molecule has 4 heteroatoms. The van der Waals surface area contributed by atoms with Crippen molar-refractivity contribution in [3.8, 4) is 17.0 Å². The first kappa shape index (κ1) is 16.4. The number of rotatable bonds is 8. The van der Waals surface area contributed by atoms with E-state index in [9.17, 15) is 0 Å². The Hall–Kier alpha value is -2.49. The number of pyridine rings is 1. The molecule has 0 atom stereocenters. The van der Waals surface area contributed by atoms with E-state index in [1.807, 2.05) is 53.2 Å². The van der Waals surface area contributed by atoms with Gasteiger partial charge in [-0.15, -0.1) is 0 Å². The molecule has 0 aliphatic rings. The predicted molar refractivity (Wildman–Crippen MR) is 99.3 cm³/mol. The van der Waals surface area contributed by atoms with E-state index in [0.29, 0.717) is 0 Å². The van der Waals surface area contributed by atoms with Gasteiger partial charge in [0, 0.05) is 23.6 Å². The minimum Gasteiger partial charge on any atom is -0.490 e. The fourth-order valence-corrected chi connectivity index (χ4v) is 2.78. The molecule has 0 radical (unpaired) electrons. The third-order valence-electron chi connectivity index (χ3n) is 4.16. The Bertz CT molecular complexity index is 777. The summed E-state index contributed by atoms with van der Waals surface area (Å²) in [5.74, 6) is 0.842.